The number of nitrogens with one attached hydrogen (secondary N) is 2. The Labute approximate surface area is 184 Å². The van der Waals surface area contributed by atoms with E-state index in [1.165, 1.54) is 0 Å². The van der Waals surface area contributed by atoms with Gasteiger partial charge in [0.05, 0.1) is 24.3 Å². The van der Waals surface area contributed by atoms with E-state index >= 15 is 0 Å². The van der Waals surface area contributed by atoms with Gasteiger partial charge in [0.2, 0.25) is 5.95 Å². The summed E-state index contributed by atoms with van der Waals surface area (Å²) in [5.74, 6) is 0.813. The monoisotopic (exact) mass is 442 g/mol. The van der Waals surface area contributed by atoms with Gasteiger partial charge in [-0.1, -0.05) is 29.8 Å². The molecule has 4 rings (SSSR count). The van der Waals surface area contributed by atoms with Gasteiger partial charge in [-0.15, -0.1) is 0 Å². The number of carbonyl (C=O) groups excluding carboxylic acids is 1. The van der Waals surface area contributed by atoms with Gasteiger partial charge in [-0.25, -0.2) is 9.97 Å². The predicted octanol–water partition coefficient (Wildman–Crippen LogP) is 2.25. The van der Waals surface area contributed by atoms with Crippen molar-refractivity contribution in [3.8, 4) is 5.82 Å². The number of aromatic nitrogens is 4. The topological polar surface area (TPSA) is 114 Å². The largest absolute Gasteiger partial charge is 0.392 e. The van der Waals surface area contributed by atoms with Crippen LogP contribution >= 0.6 is 11.6 Å². The van der Waals surface area contributed by atoms with Crippen LogP contribution in [0.5, 0.6) is 0 Å². The molecule has 1 aliphatic rings. The molecular weight excluding hydrogens is 420 g/mol. The first-order valence-corrected chi connectivity index (χ1v) is 10.3. The molecule has 1 fully saturated rings. The Hall–Kier alpha value is -3.01. The molecule has 3 heterocycles. The van der Waals surface area contributed by atoms with E-state index in [4.69, 9.17) is 16.3 Å². The van der Waals surface area contributed by atoms with Gasteiger partial charge in [0.1, 0.15) is 17.8 Å². The second-order valence-corrected chi connectivity index (χ2v) is 7.68. The molecule has 0 bridgehead atoms. The first-order valence-electron chi connectivity index (χ1n) is 9.92. The van der Waals surface area contributed by atoms with Crippen LogP contribution in [-0.4, -0.2) is 49.8 Å². The Kier molecular flexibility index (Phi) is 6.45. The number of hydrogen-bond acceptors (Lipinski definition) is 7. The second kappa shape index (κ2) is 9.42. The van der Waals surface area contributed by atoms with Crippen LogP contribution in [-0.2, 0) is 17.9 Å². The number of halogens is 1. The van der Waals surface area contributed by atoms with Gasteiger partial charge in [0.25, 0.3) is 5.91 Å². The lowest BCUT2D eigenvalue weighted by Gasteiger charge is -2.12. The summed E-state index contributed by atoms with van der Waals surface area (Å²) in [6, 6.07) is 5.52. The van der Waals surface area contributed by atoms with Crippen molar-refractivity contribution in [2.24, 2.45) is 0 Å². The summed E-state index contributed by atoms with van der Waals surface area (Å²) >= 11 is 6.26. The average Bonchev–Trinajstić information content (AvgIpc) is 3.46. The van der Waals surface area contributed by atoms with Gasteiger partial charge in [-0.05, 0) is 24.5 Å². The molecule has 0 spiro atoms. The van der Waals surface area contributed by atoms with Crippen LogP contribution in [0.15, 0.2) is 36.9 Å². The fourth-order valence-electron chi connectivity index (χ4n) is 3.31. The highest BCUT2D eigenvalue weighted by Crippen LogP contribution is 2.21. The molecule has 10 heteroatoms. The van der Waals surface area contributed by atoms with Crippen LogP contribution in [0.1, 0.15) is 33.6 Å². The van der Waals surface area contributed by atoms with Crippen LogP contribution in [0, 0.1) is 6.92 Å². The summed E-state index contributed by atoms with van der Waals surface area (Å²) in [4.78, 5) is 25.7. The van der Waals surface area contributed by atoms with Crippen molar-refractivity contribution >= 4 is 23.5 Å². The lowest BCUT2D eigenvalue weighted by atomic mass is 10.1. The highest BCUT2D eigenvalue weighted by Gasteiger charge is 2.18. The highest BCUT2D eigenvalue weighted by atomic mass is 35.5. The fraction of sp³-hybridized carbons (Fsp3) is 0.333. The number of hydrogen-bond donors (Lipinski definition) is 3. The van der Waals surface area contributed by atoms with Gasteiger partial charge in [-0.3, -0.25) is 9.36 Å². The molecule has 0 radical (unpaired) electrons. The number of benzene rings is 1. The summed E-state index contributed by atoms with van der Waals surface area (Å²) in [5.41, 5.74) is 2.45. The third kappa shape index (κ3) is 4.84. The van der Waals surface area contributed by atoms with Gasteiger partial charge in [-0.2, -0.15) is 4.98 Å². The van der Waals surface area contributed by atoms with E-state index < -0.39 is 0 Å². The minimum absolute atomic E-state index is 0.159. The molecule has 1 aliphatic heterocycles. The molecule has 3 aromatic rings. The molecule has 0 saturated carbocycles. The number of nitrogens with zero attached hydrogens (tertiary/aromatic N) is 4. The fourth-order valence-corrected chi connectivity index (χ4v) is 3.56. The Morgan fingerprint density at radius 2 is 2.19 bits per heavy atom. The zero-order chi connectivity index (χ0) is 21.8. The minimum Gasteiger partial charge on any atom is -0.392 e. The van der Waals surface area contributed by atoms with Crippen LogP contribution in [0.3, 0.4) is 0 Å². The molecular formula is C21H23ClN6O3. The van der Waals surface area contributed by atoms with E-state index in [9.17, 15) is 9.90 Å². The van der Waals surface area contributed by atoms with Gasteiger partial charge < -0.3 is 20.5 Å². The molecule has 0 unspecified atom stereocenters. The maximum atomic E-state index is 12.6. The SMILES string of the molecule is Cc1cnc(N[C@H]2CCOC2)nc1-n1cnc(C(=O)NCc2cccc(CO)c2Cl)c1. The van der Waals surface area contributed by atoms with Crippen molar-refractivity contribution in [2.45, 2.75) is 32.5 Å². The lowest BCUT2D eigenvalue weighted by molar-refractivity contribution is 0.0946. The molecule has 3 N–H and O–H groups in total. The number of rotatable bonds is 7. The molecule has 162 valence electrons. The number of aryl methyl sites for hydroxylation is 1. The summed E-state index contributed by atoms with van der Waals surface area (Å²) in [5, 5.41) is 15.8. The lowest BCUT2D eigenvalue weighted by Crippen LogP contribution is -2.23. The molecule has 2 aromatic heterocycles. The minimum atomic E-state index is -0.336. The Balaban J connectivity index is 1.46. The zero-order valence-corrected chi connectivity index (χ0v) is 17.8. The molecule has 1 amide bonds. The smallest absolute Gasteiger partial charge is 0.271 e. The van der Waals surface area contributed by atoms with Crippen molar-refractivity contribution in [1.82, 2.24) is 24.8 Å². The number of aliphatic hydroxyl groups excluding tert-OH is 1. The van der Waals surface area contributed by atoms with Crippen molar-refractivity contribution in [2.75, 3.05) is 18.5 Å². The third-order valence-corrected chi connectivity index (χ3v) is 5.52. The van der Waals surface area contributed by atoms with Crippen molar-refractivity contribution in [3.63, 3.8) is 0 Å². The van der Waals surface area contributed by atoms with Crippen molar-refractivity contribution in [3.05, 3.63) is 64.3 Å². The molecule has 1 aromatic carbocycles. The van der Waals surface area contributed by atoms with E-state index in [2.05, 4.69) is 25.6 Å². The van der Waals surface area contributed by atoms with Gasteiger partial charge >= 0.3 is 0 Å². The zero-order valence-electron chi connectivity index (χ0n) is 17.0. The van der Waals surface area contributed by atoms with E-state index in [0.717, 1.165) is 24.2 Å². The average molecular weight is 443 g/mol. The number of amides is 1. The molecule has 1 atom stereocenters. The summed E-state index contributed by atoms with van der Waals surface area (Å²) in [6.07, 6.45) is 5.81. The first-order chi connectivity index (χ1) is 15.0. The molecule has 9 nitrogen and oxygen atoms in total. The van der Waals surface area contributed by atoms with E-state index in [0.29, 0.717) is 29.0 Å². The standard InChI is InChI=1S/C21H23ClN6O3/c1-13-7-24-21(26-16-5-6-31-11-16)27-19(13)28-9-17(25-12-28)20(30)23-8-14-3-2-4-15(10-29)18(14)22/h2-4,7,9,12,16,29H,5-6,8,10-11H2,1H3,(H,23,30)(H,24,26,27)/t16-/m0/s1. The Morgan fingerprint density at radius 3 is 2.97 bits per heavy atom. The predicted molar refractivity (Wildman–Crippen MR) is 115 cm³/mol. The normalized spacial score (nSPS) is 15.8. The molecule has 31 heavy (non-hydrogen) atoms. The maximum Gasteiger partial charge on any atom is 0.271 e. The number of aliphatic hydroxyl groups is 1. The van der Waals surface area contributed by atoms with Crippen LogP contribution in [0.4, 0.5) is 5.95 Å². The van der Waals surface area contributed by atoms with Gasteiger partial charge in [0, 0.05) is 31.1 Å². The number of carbonyl (C=O) groups is 1. The van der Waals surface area contributed by atoms with E-state index in [-0.39, 0.29) is 30.8 Å². The van der Waals surface area contributed by atoms with Crippen molar-refractivity contribution in [1.29, 1.82) is 0 Å². The van der Waals surface area contributed by atoms with E-state index in [1.54, 1.807) is 41.5 Å². The Bertz CT molecular complexity index is 1080. The summed E-state index contributed by atoms with van der Waals surface area (Å²) in [7, 11) is 0. The third-order valence-electron chi connectivity index (χ3n) is 5.04. The van der Waals surface area contributed by atoms with Crippen LogP contribution < -0.4 is 10.6 Å². The van der Waals surface area contributed by atoms with E-state index in [1.807, 2.05) is 6.92 Å². The first kappa shape index (κ1) is 21.2. The second-order valence-electron chi connectivity index (χ2n) is 7.30. The quantitative estimate of drug-likeness (QED) is 0.514. The summed E-state index contributed by atoms with van der Waals surface area (Å²) < 4.78 is 7.07. The van der Waals surface area contributed by atoms with Crippen LogP contribution in [0.25, 0.3) is 5.82 Å². The number of anilines is 1. The van der Waals surface area contributed by atoms with Crippen LogP contribution in [0.2, 0.25) is 5.02 Å². The van der Waals surface area contributed by atoms with Gasteiger partial charge in [0.15, 0.2) is 0 Å². The molecule has 0 aliphatic carbocycles. The summed E-state index contributed by atoms with van der Waals surface area (Å²) in [6.45, 7) is 3.32. The number of imidazole rings is 1. The highest BCUT2D eigenvalue weighted by molar-refractivity contribution is 6.32. The number of ether oxygens (including phenoxy) is 1. The Morgan fingerprint density at radius 1 is 1.35 bits per heavy atom. The van der Waals surface area contributed by atoms with Crippen molar-refractivity contribution < 1.29 is 14.6 Å². The maximum absolute atomic E-state index is 12.6. The molecule has 1 saturated heterocycles.